The predicted octanol–water partition coefficient (Wildman–Crippen LogP) is 2.67. The van der Waals surface area contributed by atoms with E-state index in [-0.39, 0.29) is 29.3 Å². The predicted molar refractivity (Wildman–Crippen MR) is 77.3 cm³/mol. The Labute approximate surface area is 121 Å². The third kappa shape index (κ3) is 4.00. The van der Waals surface area contributed by atoms with Gasteiger partial charge in [0.2, 0.25) is 0 Å². The maximum Gasteiger partial charge on any atom is 0.150 e. The molecule has 106 valence electrons. The highest BCUT2D eigenvalue weighted by atomic mass is 79.9. The van der Waals surface area contributed by atoms with Crippen LogP contribution in [0.5, 0.6) is 0 Å². The highest BCUT2D eigenvalue weighted by Crippen LogP contribution is 2.22. The summed E-state index contributed by atoms with van der Waals surface area (Å²) in [5, 5.41) is 3.22. The van der Waals surface area contributed by atoms with Crippen LogP contribution in [0.4, 0.5) is 4.39 Å². The van der Waals surface area contributed by atoms with E-state index in [1.54, 1.807) is 12.1 Å². The minimum absolute atomic E-state index is 0.128. The largest absolute Gasteiger partial charge is 0.310 e. The Balaban J connectivity index is 1.93. The summed E-state index contributed by atoms with van der Waals surface area (Å²) in [6.07, 6.45) is 0.699. The maximum absolute atomic E-state index is 13.8. The van der Waals surface area contributed by atoms with E-state index in [1.807, 2.05) is 6.92 Å². The van der Waals surface area contributed by atoms with Crippen molar-refractivity contribution < 1.29 is 12.8 Å². The number of nitrogens with one attached hydrogen (secondary N) is 1. The summed E-state index contributed by atoms with van der Waals surface area (Å²) in [6.45, 7) is 2.49. The molecule has 2 atom stereocenters. The molecule has 1 aromatic carbocycles. The molecule has 0 bridgehead atoms. The second-order valence-electron chi connectivity index (χ2n) is 5.06. The van der Waals surface area contributed by atoms with E-state index in [0.29, 0.717) is 23.0 Å². The fraction of sp³-hybridized carbons (Fsp3) is 0.538. The van der Waals surface area contributed by atoms with Crippen LogP contribution in [0.25, 0.3) is 0 Å². The Morgan fingerprint density at radius 2 is 2.26 bits per heavy atom. The summed E-state index contributed by atoms with van der Waals surface area (Å²) in [7, 11) is -2.84. The van der Waals surface area contributed by atoms with Crippen LogP contribution in [0.15, 0.2) is 22.7 Å². The lowest BCUT2D eigenvalue weighted by Gasteiger charge is -2.17. The van der Waals surface area contributed by atoms with Crippen molar-refractivity contribution in [3.63, 3.8) is 0 Å². The van der Waals surface area contributed by atoms with E-state index in [9.17, 15) is 12.8 Å². The topological polar surface area (TPSA) is 46.2 Å². The Bertz CT molecular complexity index is 562. The Morgan fingerprint density at radius 1 is 1.53 bits per heavy atom. The van der Waals surface area contributed by atoms with Gasteiger partial charge in [-0.25, -0.2) is 12.8 Å². The second-order valence-corrected chi connectivity index (χ2v) is 8.21. The molecule has 0 radical (unpaired) electrons. The second kappa shape index (κ2) is 5.89. The van der Waals surface area contributed by atoms with Gasteiger partial charge in [0, 0.05) is 16.1 Å². The quantitative estimate of drug-likeness (QED) is 0.908. The van der Waals surface area contributed by atoms with E-state index in [2.05, 4.69) is 21.2 Å². The average Bonchev–Trinajstić information content (AvgIpc) is 2.66. The minimum atomic E-state index is -2.84. The Hall–Kier alpha value is -0.460. The molecular weight excluding hydrogens is 333 g/mol. The molecule has 1 fully saturated rings. The van der Waals surface area contributed by atoms with Crippen LogP contribution in [-0.2, 0) is 9.84 Å². The molecule has 1 aliphatic heterocycles. The van der Waals surface area contributed by atoms with Gasteiger partial charge in [0.15, 0.2) is 9.84 Å². The molecule has 2 unspecified atom stereocenters. The van der Waals surface area contributed by atoms with E-state index in [0.717, 1.165) is 0 Å². The van der Waals surface area contributed by atoms with Gasteiger partial charge in [-0.15, -0.1) is 0 Å². The molecule has 2 rings (SSSR count). The molecule has 0 amide bonds. The van der Waals surface area contributed by atoms with E-state index in [4.69, 9.17) is 0 Å². The minimum Gasteiger partial charge on any atom is -0.310 e. The van der Waals surface area contributed by atoms with Gasteiger partial charge in [-0.3, -0.25) is 0 Å². The van der Waals surface area contributed by atoms with Gasteiger partial charge in [0.05, 0.1) is 11.5 Å². The van der Waals surface area contributed by atoms with Crippen LogP contribution in [0.3, 0.4) is 0 Å². The Morgan fingerprint density at radius 3 is 2.84 bits per heavy atom. The van der Waals surface area contributed by atoms with Crippen LogP contribution in [0, 0.1) is 11.7 Å². The third-order valence-electron chi connectivity index (χ3n) is 3.47. The molecule has 19 heavy (non-hydrogen) atoms. The van der Waals surface area contributed by atoms with Crippen LogP contribution in [0.1, 0.15) is 24.9 Å². The maximum atomic E-state index is 13.8. The molecule has 3 nitrogen and oxygen atoms in total. The highest BCUT2D eigenvalue weighted by molar-refractivity contribution is 9.10. The fourth-order valence-corrected chi connectivity index (χ4v) is 4.53. The summed E-state index contributed by atoms with van der Waals surface area (Å²) >= 11 is 3.22. The van der Waals surface area contributed by atoms with E-state index in [1.165, 1.54) is 6.07 Å². The van der Waals surface area contributed by atoms with Gasteiger partial charge in [-0.1, -0.05) is 22.0 Å². The van der Waals surface area contributed by atoms with E-state index >= 15 is 0 Å². The summed E-state index contributed by atoms with van der Waals surface area (Å²) in [4.78, 5) is 0. The Kier molecular flexibility index (Phi) is 4.63. The van der Waals surface area contributed by atoms with Gasteiger partial charge in [0.1, 0.15) is 5.82 Å². The van der Waals surface area contributed by atoms with Crippen molar-refractivity contribution in [1.82, 2.24) is 5.32 Å². The van der Waals surface area contributed by atoms with Crippen LogP contribution in [0.2, 0.25) is 0 Å². The zero-order valence-electron chi connectivity index (χ0n) is 10.7. The summed E-state index contributed by atoms with van der Waals surface area (Å²) in [5.74, 6) is 0.412. The smallest absolute Gasteiger partial charge is 0.150 e. The monoisotopic (exact) mass is 349 g/mol. The molecule has 1 aromatic rings. The standard InChI is InChI=1S/C13H17BrFNO2S/c1-9(12-3-2-11(14)6-13(12)15)16-7-10-4-5-19(17,18)8-10/h2-3,6,9-10,16H,4-5,7-8H2,1H3. The number of sulfone groups is 1. The lowest BCUT2D eigenvalue weighted by molar-refractivity contribution is 0.463. The molecule has 1 aliphatic rings. The first-order valence-corrected chi connectivity index (χ1v) is 8.87. The summed E-state index contributed by atoms with van der Waals surface area (Å²) in [5.41, 5.74) is 0.601. The van der Waals surface area contributed by atoms with Crippen molar-refractivity contribution >= 4 is 25.8 Å². The van der Waals surface area contributed by atoms with Crippen LogP contribution < -0.4 is 5.32 Å². The van der Waals surface area contributed by atoms with E-state index < -0.39 is 9.84 Å². The number of benzene rings is 1. The lowest BCUT2D eigenvalue weighted by atomic mass is 10.1. The molecule has 0 aromatic heterocycles. The van der Waals surface area contributed by atoms with Gasteiger partial charge in [0.25, 0.3) is 0 Å². The van der Waals surface area contributed by atoms with Crippen LogP contribution in [-0.4, -0.2) is 26.5 Å². The normalized spacial score (nSPS) is 23.4. The first-order chi connectivity index (χ1) is 8.87. The number of halogens is 2. The highest BCUT2D eigenvalue weighted by Gasteiger charge is 2.27. The van der Waals surface area contributed by atoms with Gasteiger partial charge >= 0.3 is 0 Å². The first-order valence-electron chi connectivity index (χ1n) is 6.26. The number of rotatable bonds is 4. The summed E-state index contributed by atoms with van der Waals surface area (Å²) < 4.78 is 37.2. The molecule has 6 heteroatoms. The van der Waals surface area contributed by atoms with Crippen molar-refractivity contribution in [2.75, 3.05) is 18.1 Å². The molecule has 0 saturated carbocycles. The first kappa shape index (κ1) is 14.9. The zero-order chi connectivity index (χ0) is 14.0. The zero-order valence-corrected chi connectivity index (χ0v) is 13.1. The van der Waals surface area contributed by atoms with Gasteiger partial charge in [-0.2, -0.15) is 0 Å². The van der Waals surface area contributed by atoms with Crippen LogP contribution >= 0.6 is 15.9 Å². The summed E-state index contributed by atoms with van der Waals surface area (Å²) in [6, 6.07) is 4.85. The van der Waals surface area contributed by atoms with Crippen molar-refractivity contribution in [2.45, 2.75) is 19.4 Å². The molecule has 0 spiro atoms. The molecule has 1 saturated heterocycles. The molecule has 0 aliphatic carbocycles. The molecule has 1 heterocycles. The number of hydrogen-bond donors (Lipinski definition) is 1. The average molecular weight is 350 g/mol. The van der Waals surface area contributed by atoms with Gasteiger partial charge in [-0.05, 0) is 37.9 Å². The van der Waals surface area contributed by atoms with Crippen molar-refractivity contribution in [2.24, 2.45) is 5.92 Å². The number of hydrogen-bond acceptors (Lipinski definition) is 3. The van der Waals surface area contributed by atoms with Crippen molar-refractivity contribution in [3.8, 4) is 0 Å². The van der Waals surface area contributed by atoms with Gasteiger partial charge < -0.3 is 5.32 Å². The SMILES string of the molecule is CC(NCC1CCS(=O)(=O)C1)c1ccc(Br)cc1F. The lowest BCUT2D eigenvalue weighted by Crippen LogP contribution is -2.27. The van der Waals surface area contributed by atoms with Crippen molar-refractivity contribution in [1.29, 1.82) is 0 Å². The molecule has 1 N–H and O–H groups in total. The third-order valence-corrected chi connectivity index (χ3v) is 5.80. The molecular formula is C13H17BrFNO2S. The fourth-order valence-electron chi connectivity index (χ4n) is 2.34. The van der Waals surface area contributed by atoms with Crippen molar-refractivity contribution in [3.05, 3.63) is 34.1 Å².